The fourth-order valence-corrected chi connectivity index (χ4v) is 2.62. The largest absolute Gasteiger partial charge is 0.394 e. The lowest BCUT2D eigenvalue weighted by Gasteiger charge is -2.42. The molecule has 5 nitrogen and oxygen atoms in total. The molecule has 1 unspecified atom stereocenters. The topological polar surface area (TPSA) is 71.6 Å². The molecule has 0 bridgehead atoms. The van der Waals surface area contributed by atoms with Crippen molar-refractivity contribution in [3.63, 3.8) is 0 Å². The van der Waals surface area contributed by atoms with Gasteiger partial charge in [-0.1, -0.05) is 11.6 Å². The molecule has 0 aliphatic carbocycles. The minimum absolute atomic E-state index is 0.0119. The maximum atomic E-state index is 9.29. The average molecular weight is 286 g/mol. The Morgan fingerprint density at radius 1 is 1.58 bits per heavy atom. The summed E-state index contributed by atoms with van der Waals surface area (Å²) >= 11 is 6.13. The van der Waals surface area contributed by atoms with E-state index >= 15 is 0 Å². The molecular formula is C13H20ClN3O2. The van der Waals surface area contributed by atoms with E-state index in [0.29, 0.717) is 23.9 Å². The highest BCUT2D eigenvalue weighted by Gasteiger charge is 2.33. The number of aromatic nitrogens is 1. The molecule has 0 aromatic carbocycles. The molecule has 0 spiro atoms. The van der Waals surface area contributed by atoms with Crippen LogP contribution in [0.25, 0.3) is 0 Å². The minimum Gasteiger partial charge on any atom is -0.394 e. The fourth-order valence-electron chi connectivity index (χ4n) is 2.46. The van der Waals surface area contributed by atoms with Gasteiger partial charge in [0.25, 0.3) is 0 Å². The number of nitrogens with two attached hydrogens (primary N) is 1. The number of nitrogen functional groups attached to an aromatic ring is 1. The molecular weight excluding hydrogens is 266 g/mol. The highest BCUT2D eigenvalue weighted by molar-refractivity contribution is 6.31. The molecule has 2 rings (SSSR count). The van der Waals surface area contributed by atoms with Gasteiger partial charge < -0.3 is 15.6 Å². The van der Waals surface area contributed by atoms with E-state index in [1.54, 1.807) is 12.1 Å². The van der Waals surface area contributed by atoms with Gasteiger partial charge in [0, 0.05) is 19.6 Å². The van der Waals surface area contributed by atoms with Gasteiger partial charge in [0.1, 0.15) is 5.82 Å². The molecule has 1 aromatic heterocycles. The number of aliphatic hydroxyl groups is 1. The Bertz CT molecular complexity index is 454. The van der Waals surface area contributed by atoms with Crippen LogP contribution in [0.5, 0.6) is 0 Å². The van der Waals surface area contributed by atoms with Crippen molar-refractivity contribution in [2.45, 2.75) is 32.1 Å². The number of aliphatic hydroxyl groups excluding tert-OH is 1. The van der Waals surface area contributed by atoms with Gasteiger partial charge in [-0.15, -0.1) is 0 Å². The predicted octanol–water partition coefficient (Wildman–Crippen LogP) is 1.29. The number of morpholine rings is 1. The highest BCUT2D eigenvalue weighted by atomic mass is 35.5. The van der Waals surface area contributed by atoms with Gasteiger partial charge in [0.15, 0.2) is 0 Å². The first-order valence-electron chi connectivity index (χ1n) is 6.31. The summed E-state index contributed by atoms with van der Waals surface area (Å²) in [4.78, 5) is 6.44. The molecule has 0 amide bonds. The van der Waals surface area contributed by atoms with Crippen molar-refractivity contribution in [1.29, 1.82) is 0 Å². The van der Waals surface area contributed by atoms with Crippen LogP contribution in [0.1, 0.15) is 19.5 Å². The Morgan fingerprint density at radius 3 is 3.00 bits per heavy atom. The summed E-state index contributed by atoms with van der Waals surface area (Å²) in [7, 11) is 0. The lowest BCUT2D eigenvalue weighted by Crippen LogP contribution is -2.53. The van der Waals surface area contributed by atoms with Gasteiger partial charge in [-0.05, 0) is 26.0 Å². The van der Waals surface area contributed by atoms with Crippen molar-refractivity contribution in [3.05, 3.63) is 22.8 Å². The number of ether oxygens (including phenoxy) is 1. The maximum absolute atomic E-state index is 9.29. The molecule has 1 aromatic rings. The van der Waals surface area contributed by atoms with Crippen LogP contribution >= 0.6 is 11.6 Å². The summed E-state index contributed by atoms with van der Waals surface area (Å²) < 4.78 is 5.78. The lowest BCUT2D eigenvalue weighted by molar-refractivity contribution is -0.150. The molecule has 106 valence electrons. The molecule has 19 heavy (non-hydrogen) atoms. The van der Waals surface area contributed by atoms with Crippen LogP contribution in [0.4, 0.5) is 5.82 Å². The first-order valence-corrected chi connectivity index (χ1v) is 6.69. The van der Waals surface area contributed by atoms with E-state index in [1.807, 2.05) is 13.8 Å². The summed E-state index contributed by atoms with van der Waals surface area (Å²) in [6.07, 6.45) is -0.177. The first kappa shape index (κ1) is 14.5. The summed E-state index contributed by atoms with van der Waals surface area (Å²) in [5.74, 6) is 0.464. The Balaban J connectivity index is 2.11. The average Bonchev–Trinajstić information content (AvgIpc) is 2.32. The molecule has 0 saturated carbocycles. The van der Waals surface area contributed by atoms with Crippen LogP contribution in [0, 0.1) is 0 Å². The van der Waals surface area contributed by atoms with E-state index < -0.39 is 0 Å². The Hall–Kier alpha value is -0.880. The third-order valence-corrected chi connectivity index (χ3v) is 3.41. The zero-order chi connectivity index (χ0) is 14.0. The molecule has 3 N–H and O–H groups in total. The Labute approximate surface area is 118 Å². The second kappa shape index (κ2) is 5.63. The summed E-state index contributed by atoms with van der Waals surface area (Å²) in [5.41, 5.74) is 6.15. The second-order valence-electron chi connectivity index (χ2n) is 5.52. The van der Waals surface area contributed by atoms with E-state index in [1.165, 1.54) is 0 Å². The quantitative estimate of drug-likeness (QED) is 0.876. The van der Waals surface area contributed by atoms with E-state index in [-0.39, 0.29) is 18.3 Å². The Kier molecular flexibility index (Phi) is 4.30. The van der Waals surface area contributed by atoms with E-state index in [9.17, 15) is 5.11 Å². The monoisotopic (exact) mass is 285 g/mol. The fraction of sp³-hybridized carbons (Fsp3) is 0.615. The van der Waals surface area contributed by atoms with E-state index in [0.717, 1.165) is 12.2 Å². The number of hydrogen-bond acceptors (Lipinski definition) is 5. The smallest absolute Gasteiger partial charge is 0.123 e. The van der Waals surface area contributed by atoms with Crippen molar-refractivity contribution in [3.8, 4) is 0 Å². The molecule has 1 atom stereocenters. The van der Waals surface area contributed by atoms with Crippen molar-refractivity contribution < 1.29 is 9.84 Å². The van der Waals surface area contributed by atoms with Crippen molar-refractivity contribution in [2.75, 3.05) is 25.4 Å². The van der Waals surface area contributed by atoms with Crippen molar-refractivity contribution in [2.24, 2.45) is 0 Å². The molecule has 1 saturated heterocycles. The van der Waals surface area contributed by atoms with Gasteiger partial charge in [0.05, 0.1) is 29.0 Å². The number of rotatable bonds is 3. The van der Waals surface area contributed by atoms with Gasteiger partial charge >= 0.3 is 0 Å². The van der Waals surface area contributed by atoms with Crippen LogP contribution in [0.15, 0.2) is 12.1 Å². The van der Waals surface area contributed by atoms with Gasteiger partial charge in [-0.2, -0.15) is 0 Å². The van der Waals surface area contributed by atoms with Crippen LogP contribution in [0.3, 0.4) is 0 Å². The zero-order valence-corrected chi connectivity index (χ0v) is 12.0. The van der Waals surface area contributed by atoms with Crippen LogP contribution in [0.2, 0.25) is 5.02 Å². The summed E-state index contributed by atoms with van der Waals surface area (Å²) in [6.45, 7) is 6.06. The van der Waals surface area contributed by atoms with E-state index in [2.05, 4.69) is 9.88 Å². The third-order valence-electron chi connectivity index (χ3n) is 3.07. The SMILES string of the molecule is CC1(C)CN(Cc2nc(N)ccc2Cl)CC(CO)O1. The van der Waals surface area contributed by atoms with Crippen LogP contribution in [-0.4, -0.2) is 46.4 Å². The second-order valence-corrected chi connectivity index (χ2v) is 5.92. The number of hydrogen-bond donors (Lipinski definition) is 2. The third kappa shape index (κ3) is 3.79. The standard InChI is InChI=1S/C13H20ClN3O2/c1-13(2)8-17(5-9(7-18)19-13)6-11-10(14)3-4-12(15)16-11/h3-4,9,18H,5-8H2,1-2H3,(H2,15,16). The maximum Gasteiger partial charge on any atom is 0.123 e. The number of anilines is 1. The van der Waals surface area contributed by atoms with Gasteiger partial charge in [-0.25, -0.2) is 4.98 Å². The number of pyridine rings is 1. The zero-order valence-electron chi connectivity index (χ0n) is 11.3. The normalized spacial score (nSPS) is 23.5. The summed E-state index contributed by atoms with van der Waals surface area (Å²) in [6, 6.07) is 3.44. The molecule has 1 aliphatic rings. The van der Waals surface area contributed by atoms with Crippen LogP contribution in [-0.2, 0) is 11.3 Å². The first-order chi connectivity index (χ1) is 8.89. The minimum atomic E-state index is -0.293. The van der Waals surface area contributed by atoms with Crippen molar-refractivity contribution in [1.82, 2.24) is 9.88 Å². The van der Waals surface area contributed by atoms with Crippen molar-refractivity contribution >= 4 is 17.4 Å². The highest BCUT2D eigenvalue weighted by Crippen LogP contribution is 2.24. The van der Waals surface area contributed by atoms with Gasteiger partial charge in [-0.3, -0.25) is 4.90 Å². The van der Waals surface area contributed by atoms with E-state index in [4.69, 9.17) is 22.1 Å². The predicted molar refractivity (Wildman–Crippen MR) is 75.0 cm³/mol. The van der Waals surface area contributed by atoms with Crippen LogP contribution < -0.4 is 5.73 Å². The molecule has 1 fully saturated rings. The molecule has 2 heterocycles. The number of halogens is 1. The Morgan fingerprint density at radius 2 is 2.32 bits per heavy atom. The lowest BCUT2D eigenvalue weighted by atomic mass is 10.1. The number of nitrogens with zero attached hydrogens (tertiary/aromatic N) is 2. The summed E-state index contributed by atoms with van der Waals surface area (Å²) in [5, 5.41) is 9.90. The molecule has 6 heteroatoms. The molecule has 1 aliphatic heterocycles. The molecule has 0 radical (unpaired) electrons. The van der Waals surface area contributed by atoms with Gasteiger partial charge in [0.2, 0.25) is 0 Å².